The lowest BCUT2D eigenvalue weighted by atomic mass is 9.95. The molecule has 0 aromatic rings. The average molecular weight is 250 g/mol. The Morgan fingerprint density at radius 1 is 1.44 bits per heavy atom. The van der Waals surface area contributed by atoms with Crippen molar-refractivity contribution in [2.75, 3.05) is 0 Å². The maximum absolute atomic E-state index is 11.5. The molecule has 1 rings (SSSR count). The highest BCUT2D eigenvalue weighted by molar-refractivity contribution is 5.92. The summed E-state index contributed by atoms with van der Waals surface area (Å²) in [6.07, 6.45) is 7.20. The molecule has 1 N–H and O–H groups in total. The fourth-order valence-electron chi connectivity index (χ4n) is 1.71. The first-order valence-corrected chi connectivity index (χ1v) is 5.86. The summed E-state index contributed by atoms with van der Waals surface area (Å²) in [7, 11) is 0. The fourth-order valence-corrected chi connectivity index (χ4v) is 1.71. The van der Waals surface area contributed by atoms with Crippen LogP contribution in [0.25, 0.3) is 0 Å². The SMILES string of the molecule is C/C=C/C=C\C(=O)CC[C@@]1(C)OC(=O)C(C)=C1O. The summed E-state index contributed by atoms with van der Waals surface area (Å²) >= 11 is 0. The number of rotatable bonds is 5. The van der Waals surface area contributed by atoms with Gasteiger partial charge in [0.15, 0.2) is 11.4 Å². The van der Waals surface area contributed by atoms with Crippen molar-refractivity contribution >= 4 is 11.8 Å². The van der Waals surface area contributed by atoms with Gasteiger partial charge in [-0.1, -0.05) is 18.2 Å². The van der Waals surface area contributed by atoms with Gasteiger partial charge >= 0.3 is 5.97 Å². The summed E-state index contributed by atoms with van der Waals surface area (Å²) in [5, 5.41) is 9.81. The molecule has 0 unspecified atom stereocenters. The molecule has 1 heterocycles. The largest absolute Gasteiger partial charge is 0.507 e. The zero-order valence-electron chi connectivity index (χ0n) is 10.9. The summed E-state index contributed by atoms with van der Waals surface area (Å²) in [4.78, 5) is 22.8. The van der Waals surface area contributed by atoms with Crippen molar-refractivity contribution < 1.29 is 19.4 Å². The second-order valence-corrected chi connectivity index (χ2v) is 4.45. The van der Waals surface area contributed by atoms with E-state index in [4.69, 9.17) is 4.74 Å². The molecule has 1 atom stereocenters. The van der Waals surface area contributed by atoms with Crippen LogP contribution in [0.4, 0.5) is 0 Å². The standard InChI is InChI=1S/C14H18O4/c1-4-5-6-7-11(15)8-9-14(3)12(16)10(2)13(17)18-14/h4-7,16H,8-9H2,1-3H3/b5-4+,7-6-/t14-/m1/s1. The molecule has 0 bridgehead atoms. The maximum Gasteiger partial charge on any atom is 0.338 e. The summed E-state index contributed by atoms with van der Waals surface area (Å²) < 4.78 is 5.10. The minimum atomic E-state index is -1.06. The Balaban J connectivity index is 2.59. The van der Waals surface area contributed by atoms with Crippen molar-refractivity contribution in [3.63, 3.8) is 0 Å². The molecule has 0 aliphatic carbocycles. The number of carbonyl (C=O) groups is 2. The Morgan fingerprint density at radius 3 is 2.61 bits per heavy atom. The fraction of sp³-hybridized carbons (Fsp3) is 0.429. The minimum Gasteiger partial charge on any atom is -0.507 e. The third-order valence-electron chi connectivity index (χ3n) is 2.91. The van der Waals surface area contributed by atoms with Crippen LogP contribution < -0.4 is 0 Å². The first-order valence-electron chi connectivity index (χ1n) is 5.86. The van der Waals surface area contributed by atoms with E-state index in [1.54, 1.807) is 19.1 Å². The predicted molar refractivity (Wildman–Crippen MR) is 68.0 cm³/mol. The van der Waals surface area contributed by atoms with Crippen LogP contribution in [0.2, 0.25) is 0 Å². The zero-order chi connectivity index (χ0) is 13.8. The van der Waals surface area contributed by atoms with Gasteiger partial charge in [-0.2, -0.15) is 0 Å². The lowest BCUT2D eigenvalue weighted by Gasteiger charge is -2.22. The Labute approximate surface area is 107 Å². The minimum absolute atomic E-state index is 0.0669. The molecule has 0 fully saturated rings. The van der Waals surface area contributed by atoms with E-state index < -0.39 is 11.6 Å². The number of ether oxygens (including phenoxy) is 1. The Bertz CT molecular complexity index is 443. The first kappa shape index (κ1) is 14.2. The van der Waals surface area contributed by atoms with Crippen molar-refractivity contribution in [3.05, 3.63) is 35.6 Å². The predicted octanol–water partition coefficient (Wildman–Crippen LogP) is 2.62. The van der Waals surface area contributed by atoms with E-state index in [0.717, 1.165) is 0 Å². The Hall–Kier alpha value is -1.84. The first-order chi connectivity index (χ1) is 8.40. The third-order valence-corrected chi connectivity index (χ3v) is 2.91. The summed E-state index contributed by atoms with van der Waals surface area (Å²) in [6, 6.07) is 0. The van der Waals surface area contributed by atoms with Crippen molar-refractivity contribution in [2.24, 2.45) is 0 Å². The van der Waals surface area contributed by atoms with Gasteiger partial charge in [-0.05, 0) is 26.8 Å². The number of esters is 1. The van der Waals surface area contributed by atoms with E-state index in [2.05, 4.69) is 0 Å². The van der Waals surface area contributed by atoms with Crippen molar-refractivity contribution in [2.45, 2.75) is 39.2 Å². The molecule has 4 nitrogen and oxygen atoms in total. The van der Waals surface area contributed by atoms with Crippen LogP contribution in [-0.4, -0.2) is 22.5 Å². The molecule has 0 aromatic carbocycles. The monoisotopic (exact) mass is 250 g/mol. The van der Waals surface area contributed by atoms with E-state index in [9.17, 15) is 14.7 Å². The third kappa shape index (κ3) is 3.09. The van der Waals surface area contributed by atoms with Gasteiger partial charge in [0.25, 0.3) is 0 Å². The van der Waals surface area contributed by atoms with Crippen LogP contribution in [0.3, 0.4) is 0 Å². The van der Waals surface area contributed by atoms with Gasteiger partial charge in [-0.25, -0.2) is 4.79 Å². The number of ketones is 1. The van der Waals surface area contributed by atoms with Crippen molar-refractivity contribution in [1.82, 2.24) is 0 Å². The number of cyclic esters (lactones) is 1. The highest BCUT2D eigenvalue weighted by Crippen LogP contribution is 2.34. The van der Waals surface area contributed by atoms with Gasteiger partial charge in [0.05, 0.1) is 5.57 Å². The van der Waals surface area contributed by atoms with Crippen LogP contribution >= 0.6 is 0 Å². The van der Waals surface area contributed by atoms with E-state index in [1.165, 1.54) is 13.0 Å². The Kier molecular flexibility index (Phi) is 4.48. The normalized spacial score (nSPS) is 24.3. The molecular formula is C14H18O4. The van der Waals surface area contributed by atoms with Gasteiger partial charge in [-0.15, -0.1) is 0 Å². The molecule has 0 saturated heterocycles. The van der Waals surface area contributed by atoms with Crippen molar-refractivity contribution in [1.29, 1.82) is 0 Å². The quantitative estimate of drug-likeness (QED) is 0.463. The summed E-state index contributed by atoms with van der Waals surface area (Å²) in [5.74, 6) is -0.660. The molecule has 0 aromatic heterocycles. The average Bonchev–Trinajstić information content (AvgIpc) is 2.52. The van der Waals surface area contributed by atoms with E-state index in [0.29, 0.717) is 0 Å². The number of allylic oxidation sites excluding steroid dienone is 4. The topological polar surface area (TPSA) is 63.6 Å². The van der Waals surface area contributed by atoms with E-state index in [1.807, 2.05) is 13.0 Å². The van der Waals surface area contributed by atoms with Crippen LogP contribution in [0, 0.1) is 0 Å². The van der Waals surface area contributed by atoms with Gasteiger partial charge in [0.1, 0.15) is 5.76 Å². The van der Waals surface area contributed by atoms with E-state index in [-0.39, 0.29) is 30.0 Å². The van der Waals surface area contributed by atoms with E-state index >= 15 is 0 Å². The molecular weight excluding hydrogens is 232 g/mol. The van der Waals surface area contributed by atoms with Gasteiger partial charge < -0.3 is 9.84 Å². The molecule has 1 aliphatic rings. The van der Waals surface area contributed by atoms with Crippen molar-refractivity contribution in [3.8, 4) is 0 Å². The second kappa shape index (κ2) is 5.67. The molecule has 0 spiro atoms. The van der Waals surface area contributed by atoms with Gasteiger partial charge in [0.2, 0.25) is 0 Å². The number of aliphatic hydroxyl groups excluding tert-OH is 1. The molecule has 98 valence electrons. The van der Waals surface area contributed by atoms with Crippen LogP contribution in [-0.2, 0) is 14.3 Å². The smallest absolute Gasteiger partial charge is 0.338 e. The van der Waals surface area contributed by atoms with Crippen LogP contribution in [0.5, 0.6) is 0 Å². The van der Waals surface area contributed by atoms with Gasteiger partial charge in [0, 0.05) is 12.8 Å². The highest BCUT2D eigenvalue weighted by Gasteiger charge is 2.42. The second-order valence-electron chi connectivity index (χ2n) is 4.45. The number of hydrogen-bond donors (Lipinski definition) is 1. The van der Waals surface area contributed by atoms with Crippen LogP contribution in [0.15, 0.2) is 35.6 Å². The maximum atomic E-state index is 11.5. The highest BCUT2D eigenvalue weighted by atomic mass is 16.6. The number of carbonyl (C=O) groups excluding carboxylic acids is 2. The molecule has 0 saturated carbocycles. The lowest BCUT2D eigenvalue weighted by molar-refractivity contribution is -0.148. The number of hydrogen-bond acceptors (Lipinski definition) is 4. The summed E-state index contributed by atoms with van der Waals surface area (Å²) in [5.41, 5.74) is -0.847. The molecule has 0 radical (unpaired) electrons. The lowest BCUT2D eigenvalue weighted by Crippen LogP contribution is -2.28. The van der Waals surface area contributed by atoms with Crippen LogP contribution in [0.1, 0.15) is 33.6 Å². The molecule has 18 heavy (non-hydrogen) atoms. The summed E-state index contributed by atoms with van der Waals surface area (Å²) in [6.45, 7) is 4.98. The van der Waals surface area contributed by atoms with Gasteiger partial charge in [-0.3, -0.25) is 4.79 Å². The zero-order valence-corrected chi connectivity index (χ0v) is 10.9. The molecule has 4 heteroatoms. The molecule has 1 aliphatic heterocycles. The molecule has 0 amide bonds. The Morgan fingerprint density at radius 2 is 2.11 bits per heavy atom. The number of aliphatic hydroxyl groups is 1.